The van der Waals surface area contributed by atoms with E-state index < -0.39 is 0 Å². The normalized spacial score (nSPS) is 10.5. The lowest BCUT2D eigenvalue weighted by atomic mass is 10.1. The molecule has 0 heterocycles. The van der Waals surface area contributed by atoms with Crippen LogP contribution in [0.3, 0.4) is 0 Å². The number of ether oxygens (including phenoxy) is 1. The predicted molar refractivity (Wildman–Crippen MR) is 122 cm³/mol. The van der Waals surface area contributed by atoms with Crippen LogP contribution >= 0.6 is 35.1 Å². The molecule has 0 aliphatic carbocycles. The van der Waals surface area contributed by atoms with Gasteiger partial charge >= 0.3 is 0 Å². The molecule has 0 amide bonds. The van der Waals surface area contributed by atoms with Crippen molar-refractivity contribution < 1.29 is 4.74 Å². The molecule has 0 unspecified atom stereocenters. The van der Waals surface area contributed by atoms with Gasteiger partial charge in [0.2, 0.25) is 0 Å². The van der Waals surface area contributed by atoms with Gasteiger partial charge in [-0.3, -0.25) is 0 Å². The number of hydrogen-bond acceptors (Lipinski definition) is 5. The number of nitrogens with zero attached hydrogens (tertiary/aromatic N) is 2. The van der Waals surface area contributed by atoms with Crippen LogP contribution in [0.15, 0.2) is 9.79 Å². The van der Waals surface area contributed by atoms with Gasteiger partial charge in [-0.05, 0) is 30.8 Å². The third-order valence-corrected chi connectivity index (χ3v) is 7.24. The molecule has 3 nitrogen and oxygen atoms in total. The van der Waals surface area contributed by atoms with Gasteiger partial charge in [0.15, 0.2) is 5.75 Å². The van der Waals surface area contributed by atoms with E-state index in [1.807, 2.05) is 0 Å². The summed E-state index contributed by atoms with van der Waals surface area (Å²) in [4.78, 5) is 1.83. The van der Waals surface area contributed by atoms with Crippen LogP contribution < -0.4 is 4.74 Å². The first-order valence-corrected chi connectivity index (χ1v) is 12.6. The number of benzene rings is 1. The first kappa shape index (κ1) is 25.0. The highest BCUT2D eigenvalue weighted by molar-refractivity contribution is 8.02. The highest BCUT2D eigenvalue weighted by Gasteiger charge is 2.25. The van der Waals surface area contributed by atoms with E-state index >= 15 is 0 Å². The van der Waals surface area contributed by atoms with Crippen molar-refractivity contribution in [3.8, 4) is 17.9 Å². The van der Waals surface area contributed by atoms with E-state index in [0.29, 0.717) is 17.4 Å². The zero-order chi connectivity index (χ0) is 20.8. The minimum Gasteiger partial charge on any atom is -0.491 e. The molecule has 0 aromatic heterocycles. The number of halogens is 1. The molecule has 0 fully saturated rings. The average Bonchev–Trinajstić information content (AvgIpc) is 2.70. The predicted octanol–water partition coefficient (Wildman–Crippen LogP) is 7.83. The fourth-order valence-corrected chi connectivity index (χ4v) is 5.66. The first-order chi connectivity index (χ1) is 13.7. The lowest BCUT2D eigenvalue weighted by Crippen LogP contribution is -2.05. The van der Waals surface area contributed by atoms with Crippen LogP contribution in [-0.2, 0) is 0 Å². The van der Waals surface area contributed by atoms with Crippen LogP contribution in [0, 0.1) is 22.7 Å². The van der Waals surface area contributed by atoms with E-state index in [1.54, 1.807) is 23.5 Å². The van der Waals surface area contributed by atoms with E-state index in [0.717, 1.165) is 59.8 Å². The van der Waals surface area contributed by atoms with E-state index in [1.165, 1.54) is 12.8 Å². The van der Waals surface area contributed by atoms with Gasteiger partial charge in [0.25, 0.3) is 0 Å². The number of unbranched alkanes of at least 4 members (excludes halogenated alkanes) is 5. The van der Waals surface area contributed by atoms with Crippen molar-refractivity contribution >= 4 is 35.1 Å². The molecule has 1 aromatic carbocycles. The molecule has 0 aliphatic heterocycles. The third kappa shape index (κ3) is 7.43. The van der Waals surface area contributed by atoms with Crippen molar-refractivity contribution in [2.75, 3.05) is 18.1 Å². The summed E-state index contributed by atoms with van der Waals surface area (Å²) in [5.74, 6) is 2.43. The fraction of sp³-hybridized carbons (Fsp3) is 0.636. The Bertz CT molecular complexity index is 695. The largest absolute Gasteiger partial charge is 0.491 e. The summed E-state index contributed by atoms with van der Waals surface area (Å²) in [5, 5.41) is 19.8. The van der Waals surface area contributed by atoms with Gasteiger partial charge < -0.3 is 4.74 Å². The molecule has 0 bridgehead atoms. The summed E-state index contributed by atoms with van der Waals surface area (Å²) in [7, 11) is 0. The van der Waals surface area contributed by atoms with E-state index in [-0.39, 0.29) is 11.1 Å². The highest BCUT2D eigenvalue weighted by Crippen LogP contribution is 2.47. The number of nitriles is 2. The van der Waals surface area contributed by atoms with Crippen LogP contribution in [0.25, 0.3) is 0 Å². The molecule has 1 rings (SSSR count). The Morgan fingerprint density at radius 1 is 0.786 bits per heavy atom. The molecular formula is C22H31ClN2OS2. The van der Waals surface area contributed by atoms with Crippen LogP contribution in [0.1, 0.15) is 83.3 Å². The SMILES string of the molecule is CCCCCCOc1c(C#N)c(C#N)c(Cl)c(SCCCC)c1SCCCC. The Labute approximate surface area is 184 Å². The van der Waals surface area contributed by atoms with Crippen LogP contribution in [0.2, 0.25) is 5.02 Å². The van der Waals surface area contributed by atoms with Gasteiger partial charge in [0.1, 0.15) is 17.7 Å². The third-order valence-electron chi connectivity index (χ3n) is 4.26. The first-order valence-electron chi connectivity index (χ1n) is 10.2. The van der Waals surface area contributed by atoms with Crippen molar-refractivity contribution in [2.45, 2.75) is 81.9 Å². The molecule has 0 radical (unpaired) electrons. The molecular weight excluding hydrogens is 408 g/mol. The van der Waals surface area contributed by atoms with Crippen molar-refractivity contribution in [1.82, 2.24) is 0 Å². The molecule has 1 aromatic rings. The summed E-state index contributed by atoms with van der Waals surface area (Å²) < 4.78 is 6.11. The minimum absolute atomic E-state index is 0.242. The molecule has 6 heteroatoms. The molecule has 154 valence electrons. The van der Waals surface area contributed by atoms with Gasteiger partial charge in [0, 0.05) is 4.90 Å². The van der Waals surface area contributed by atoms with Gasteiger partial charge in [-0.25, -0.2) is 0 Å². The van der Waals surface area contributed by atoms with E-state index in [2.05, 4.69) is 32.9 Å². The quantitative estimate of drug-likeness (QED) is 0.219. The number of rotatable bonds is 14. The van der Waals surface area contributed by atoms with Gasteiger partial charge in [0.05, 0.1) is 22.1 Å². The Balaban J connectivity index is 3.32. The fourth-order valence-electron chi connectivity index (χ4n) is 2.60. The van der Waals surface area contributed by atoms with E-state index in [4.69, 9.17) is 16.3 Å². The maximum absolute atomic E-state index is 9.74. The molecule has 0 spiro atoms. The topological polar surface area (TPSA) is 56.8 Å². The van der Waals surface area contributed by atoms with E-state index in [9.17, 15) is 10.5 Å². The zero-order valence-electron chi connectivity index (χ0n) is 17.3. The lowest BCUT2D eigenvalue weighted by Gasteiger charge is -2.19. The number of thioether (sulfide) groups is 2. The average molecular weight is 439 g/mol. The monoisotopic (exact) mass is 438 g/mol. The second-order valence-corrected chi connectivity index (χ2v) is 9.18. The number of hydrogen-bond donors (Lipinski definition) is 0. The minimum atomic E-state index is 0.242. The second-order valence-electron chi connectivity index (χ2n) is 6.59. The summed E-state index contributed by atoms with van der Waals surface area (Å²) in [6.45, 7) is 7.05. The summed E-state index contributed by atoms with van der Waals surface area (Å²) in [5.41, 5.74) is 0.522. The lowest BCUT2D eigenvalue weighted by molar-refractivity contribution is 0.296. The summed E-state index contributed by atoms with van der Waals surface area (Å²) in [6, 6.07) is 4.31. The second kappa shape index (κ2) is 14.9. The Kier molecular flexibility index (Phi) is 13.3. The molecule has 0 saturated heterocycles. The Morgan fingerprint density at radius 2 is 1.36 bits per heavy atom. The molecule has 0 saturated carbocycles. The standard InChI is InChI=1S/C22H31ClN2OS2/c1-4-7-10-11-12-26-20-18(16-25)17(15-24)19(23)21(27-13-8-5-2)22(20)28-14-9-6-3/h4-14H2,1-3H3. The highest BCUT2D eigenvalue weighted by atomic mass is 35.5. The molecule has 0 atom stereocenters. The van der Waals surface area contributed by atoms with Crippen molar-refractivity contribution in [2.24, 2.45) is 0 Å². The van der Waals surface area contributed by atoms with Gasteiger partial charge in [-0.1, -0.05) is 64.5 Å². The summed E-state index contributed by atoms with van der Waals surface area (Å²) in [6.07, 6.45) is 8.76. The van der Waals surface area contributed by atoms with Gasteiger partial charge in [-0.15, -0.1) is 23.5 Å². The Hall–Kier alpha value is -1.01. The molecule has 28 heavy (non-hydrogen) atoms. The molecule has 0 N–H and O–H groups in total. The van der Waals surface area contributed by atoms with Crippen LogP contribution in [-0.4, -0.2) is 18.1 Å². The van der Waals surface area contributed by atoms with Crippen LogP contribution in [0.5, 0.6) is 5.75 Å². The van der Waals surface area contributed by atoms with Crippen molar-refractivity contribution in [1.29, 1.82) is 10.5 Å². The Morgan fingerprint density at radius 3 is 1.89 bits per heavy atom. The molecule has 0 aliphatic rings. The van der Waals surface area contributed by atoms with Gasteiger partial charge in [-0.2, -0.15) is 10.5 Å². The van der Waals surface area contributed by atoms with Crippen molar-refractivity contribution in [3.63, 3.8) is 0 Å². The zero-order valence-corrected chi connectivity index (χ0v) is 19.7. The maximum atomic E-state index is 9.74. The maximum Gasteiger partial charge on any atom is 0.153 e. The smallest absolute Gasteiger partial charge is 0.153 e. The summed E-state index contributed by atoms with van der Waals surface area (Å²) >= 11 is 9.97. The van der Waals surface area contributed by atoms with Crippen molar-refractivity contribution in [3.05, 3.63) is 16.1 Å². The van der Waals surface area contributed by atoms with Crippen LogP contribution in [0.4, 0.5) is 0 Å².